The number of carbonyl (C=O) groups is 2. The quantitative estimate of drug-likeness (QED) is 0.377. The lowest BCUT2D eigenvalue weighted by molar-refractivity contribution is -0.197. The van der Waals surface area contributed by atoms with Crippen molar-refractivity contribution in [2.75, 3.05) is 39.3 Å². The van der Waals surface area contributed by atoms with Crippen molar-refractivity contribution in [3.05, 3.63) is 11.8 Å². The van der Waals surface area contributed by atoms with Gasteiger partial charge in [-0.05, 0) is 64.5 Å². The summed E-state index contributed by atoms with van der Waals surface area (Å²) in [7, 11) is 0. The van der Waals surface area contributed by atoms with Gasteiger partial charge in [-0.25, -0.2) is 4.39 Å². The van der Waals surface area contributed by atoms with Crippen LogP contribution < -0.4 is 10.6 Å². The van der Waals surface area contributed by atoms with E-state index in [9.17, 15) is 9.59 Å². The lowest BCUT2D eigenvalue weighted by atomic mass is 9.69. The number of rotatable bonds is 7. The average Bonchev–Trinajstić information content (AvgIpc) is 3.59. The Kier molecular flexibility index (Phi) is 7.78. The van der Waals surface area contributed by atoms with Crippen LogP contribution in [0, 0.1) is 5.92 Å². The zero-order valence-corrected chi connectivity index (χ0v) is 22.2. The van der Waals surface area contributed by atoms with Crippen molar-refractivity contribution < 1.29 is 23.5 Å². The van der Waals surface area contributed by atoms with Crippen molar-refractivity contribution in [1.29, 1.82) is 0 Å². The number of hydrogen-bond donors (Lipinski definition) is 2. The van der Waals surface area contributed by atoms with Gasteiger partial charge in [0.1, 0.15) is 6.17 Å². The van der Waals surface area contributed by atoms with Gasteiger partial charge in [-0.1, -0.05) is 0 Å². The fourth-order valence-corrected chi connectivity index (χ4v) is 7.77. The minimum atomic E-state index is -1.25. The van der Waals surface area contributed by atoms with Crippen molar-refractivity contribution in [2.24, 2.45) is 5.92 Å². The smallest absolute Gasteiger partial charge is 0.256 e. The Morgan fingerprint density at radius 2 is 2.00 bits per heavy atom. The molecule has 0 aromatic carbocycles. The van der Waals surface area contributed by atoms with Crippen molar-refractivity contribution in [1.82, 2.24) is 20.4 Å². The van der Waals surface area contributed by atoms with E-state index in [0.29, 0.717) is 19.5 Å². The van der Waals surface area contributed by atoms with Crippen LogP contribution in [0.1, 0.15) is 51.4 Å². The summed E-state index contributed by atoms with van der Waals surface area (Å²) in [5.74, 6) is -1.19. The molecule has 2 N–H and O–H groups in total. The van der Waals surface area contributed by atoms with E-state index in [1.54, 1.807) is 6.20 Å². The Bertz CT molecular complexity index is 896. The molecule has 8 nitrogen and oxygen atoms in total. The normalized spacial score (nSPS) is 41.8. The van der Waals surface area contributed by atoms with Crippen LogP contribution in [0.2, 0.25) is 0 Å². The van der Waals surface area contributed by atoms with Gasteiger partial charge < -0.3 is 29.9 Å². The highest BCUT2D eigenvalue weighted by atomic mass is 35.5. The number of morpholine rings is 1. The van der Waals surface area contributed by atoms with E-state index in [-0.39, 0.29) is 53.4 Å². The summed E-state index contributed by atoms with van der Waals surface area (Å²) in [6.07, 6.45) is 6.81. The van der Waals surface area contributed by atoms with Crippen molar-refractivity contribution in [3.8, 4) is 0 Å². The first-order valence-electron chi connectivity index (χ1n) is 14.3. The Labute approximate surface area is 223 Å². The number of carbonyl (C=O) groups excluding carboxylic acids is 2. The molecule has 9 unspecified atom stereocenters. The highest BCUT2D eigenvalue weighted by Gasteiger charge is 2.58. The number of alkyl halides is 2. The summed E-state index contributed by atoms with van der Waals surface area (Å²) in [6, 6.07) is -0.772. The molecule has 0 spiro atoms. The monoisotopic (exact) mass is 538 g/mol. The first-order valence-corrected chi connectivity index (χ1v) is 14.8. The highest BCUT2D eigenvalue weighted by molar-refractivity contribution is 6.21. The van der Waals surface area contributed by atoms with Gasteiger partial charge in [-0.3, -0.25) is 9.59 Å². The van der Waals surface area contributed by atoms with E-state index < -0.39 is 24.2 Å². The third-order valence-electron chi connectivity index (χ3n) is 9.37. The minimum Gasteiger partial charge on any atom is -0.377 e. The van der Waals surface area contributed by atoms with E-state index in [2.05, 4.69) is 20.4 Å². The molecule has 10 heteroatoms. The number of nitrogens with zero attached hydrogens (tertiary/aromatic N) is 2. The maximum Gasteiger partial charge on any atom is 0.256 e. The van der Waals surface area contributed by atoms with Crippen LogP contribution in [0.3, 0.4) is 0 Å². The summed E-state index contributed by atoms with van der Waals surface area (Å²) in [6.45, 7) is 4.72. The molecule has 4 aliphatic heterocycles. The molecule has 6 aliphatic rings. The lowest BCUT2D eigenvalue weighted by Gasteiger charge is -2.59. The Hall–Kier alpha value is -1.26. The SMILES string of the molecule is O=C(NCCN1CCCC1)C1=CN2C3CCC(Cl)CC3OC3C(NCC4CCCO4)C(F)CC(C1=O)C32. The fourth-order valence-electron chi connectivity index (χ4n) is 7.47. The number of ether oxygens (including phenoxy) is 2. The topological polar surface area (TPSA) is 83.1 Å². The van der Waals surface area contributed by atoms with Crippen LogP contribution in [0.4, 0.5) is 4.39 Å². The summed E-state index contributed by atoms with van der Waals surface area (Å²) in [5.41, 5.74) is 0.160. The molecule has 0 bridgehead atoms. The molecule has 2 aliphatic carbocycles. The Morgan fingerprint density at radius 3 is 2.78 bits per heavy atom. The largest absolute Gasteiger partial charge is 0.377 e. The average molecular weight is 539 g/mol. The number of hydrogen-bond acceptors (Lipinski definition) is 7. The van der Waals surface area contributed by atoms with Crippen molar-refractivity contribution in [2.45, 2.75) is 99.4 Å². The lowest BCUT2D eigenvalue weighted by Crippen LogP contribution is -2.73. The van der Waals surface area contributed by atoms with Crippen LogP contribution in [-0.2, 0) is 19.1 Å². The number of Topliss-reactive ketones (excluding diaryl/α,β-unsaturated/α-hetero) is 1. The van der Waals surface area contributed by atoms with Gasteiger partial charge >= 0.3 is 0 Å². The van der Waals surface area contributed by atoms with E-state index in [0.717, 1.165) is 51.9 Å². The second-order valence-corrected chi connectivity index (χ2v) is 12.3. The number of amides is 1. The molecule has 5 fully saturated rings. The zero-order valence-electron chi connectivity index (χ0n) is 21.5. The highest BCUT2D eigenvalue weighted by Crippen LogP contribution is 2.46. The predicted octanol–water partition coefficient (Wildman–Crippen LogP) is 1.76. The molecule has 0 aromatic heterocycles. The van der Waals surface area contributed by atoms with E-state index in [1.165, 1.54) is 12.8 Å². The zero-order chi connectivity index (χ0) is 25.5. The van der Waals surface area contributed by atoms with Crippen LogP contribution >= 0.6 is 11.6 Å². The second kappa shape index (κ2) is 11.1. The van der Waals surface area contributed by atoms with E-state index >= 15 is 4.39 Å². The molecule has 206 valence electrons. The molecule has 9 atom stereocenters. The van der Waals surface area contributed by atoms with Crippen LogP contribution in [0.15, 0.2) is 11.8 Å². The molecule has 0 aromatic rings. The van der Waals surface area contributed by atoms with E-state index in [1.807, 2.05) is 0 Å². The first-order chi connectivity index (χ1) is 18.0. The molecule has 1 amide bonds. The third kappa shape index (κ3) is 5.19. The Morgan fingerprint density at radius 1 is 1.16 bits per heavy atom. The molecule has 6 rings (SSSR count). The molecule has 2 saturated carbocycles. The van der Waals surface area contributed by atoms with Gasteiger partial charge in [0, 0.05) is 43.7 Å². The molecule has 0 radical (unpaired) electrons. The van der Waals surface area contributed by atoms with Crippen LogP contribution in [0.25, 0.3) is 0 Å². The Balaban J connectivity index is 1.23. The van der Waals surface area contributed by atoms with Gasteiger partial charge in [0.05, 0.1) is 42.0 Å². The first kappa shape index (κ1) is 26.0. The maximum atomic E-state index is 15.8. The third-order valence-corrected chi connectivity index (χ3v) is 9.76. The number of fused-ring (bicyclic) bond motifs is 2. The van der Waals surface area contributed by atoms with Gasteiger partial charge in [0.15, 0.2) is 5.78 Å². The number of ketones is 1. The summed E-state index contributed by atoms with van der Waals surface area (Å²) >= 11 is 6.53. The van der Waals surface area contributed by atoms with Crippen molar-refractivity contribution >= 4 is 23.3 Å². The summed E-state index contributed by atoms with van der Waals surface area (Å²) < 4.78 is 28.1. The van der Waals surface area contributed by atoms with Gasteiger partial charge in [0.2, 0.25) is 0 Å². The van der Waals surface area contributed by atoms with Crippen LogP contribution in [0.5, 0.6) is 0 Å². The van der Waals surface area contributed by atoms with Crippen LogP contribution in [-0.4, -0.2) is 109 Å². The van der Waals surface area contributed by atoms with Gasteiger partial charge in [-0.15, -0.1) is 11.6 Å². The standard InChI is InChI=1S/C27H40ClFN4O4/c28-16-5-6-21-22(12-16)37-26-23(31-14-17-4-3-11-36-17)20(29)13-18-24(26)33(21)15-19(25(18)34)27(35)30-7-10-32-8-1-2-9-32/h15-18,20-24,26,31H,1-14H2,(H,30,35). The summed E-state index contributed by atoms with van der Waals surface area (Å²) in [4.78, 5) is 31.4. The van der Waals surface area contributed by atoms with E-state index in [4.69, 9.17) is 21.1 Å². The molecular weight excluding hydrogens is 499 g/mol. The minimum absolute atomic E-state index is 0.0143. The van der Waals surface area contributed by atoms with Gasteiger partial charge in [-0.2, -0.15) is 0 Å². The number of halogens is 2. The molecular formula is C27H40ClFN4O4. The molecule has 4 heterocycles. The molecule has 37 heavy (non-hydrogen) atoms. The maximum absolute atomic E-state index is 15.8. The fraction of sp³-hybridized carbons (Fsp3) is 0.852. The second-order valence-electron chi connectivity index (χ2n) is 11.7. The van der Waals surface area contributed by atoms with Gasteiger partial charge in [0.25, 0.3) is 5.91 Å². The number of likely N-dealkylation sites (tertiary alicyclic amines) is 1. The number of nitrogens with one attached hydrogen (secondary N) is 2. The van der Waals surface area contributed by atoms with Crippen molar-refractivity contribution in [3.63, 3.8) is 0 Å². The molecule has 3 saturated heterocycles. The predicted molar refractivity (Wildman–Crippen MR) is 137 cm³/mol. The summed E-state index contributed by atoms with van der Waals surface area (Å²) in [5, 5.41) is 6.39.